The molecule has 1 unspecified atom stereocenters. The van der Waals surface area contributed by atoms with Crippen LogP contribution in [0.4, 0.5) is 5.69 Å². The van der Waals surface area contributed by atoms with Gasteiger partial charge in [-0.05, 0) is 18.6 Å². The molecule has 10 heteroatoms. The van der Waals surface area contributed by atoms with Gasteiger partial charge in [-0.25, -0.2) is 9.98 Å². The fraction of sp³-hybridized carbons (Fsp3) is 0.450. The van der Waals surface area contributed by atoms with Gasteiger partial charge >= 0.3 is 0 Å². The van der Waals surface area contributed by atoms with Crippen LogP contribution in [0.2, 0.25) is 0 Å². The minimum absolute atomic E-state index is 0.150. The molecule has 1 fully saturated rings. The van der Waals surface area contributed by atoms with Crippen LogP contribution in [-0.2, 0) is 0 Å². The molecule has 1 aromatic rings. The van der Waals surface area contributed by atoms with Gasteiger partial charge in [-0.2, -0.15) is 0 Å². The highest BCUT2D eigenvalue weighted by Gasteiger charge is 2.42. The van der Waals surface area contributed by atoms with Gasteiger partial charge in [-0.15, -0.1) is 0 Å². The van der Waals surface area contributed by atoms with E-state index in [9.17, 15) is 15.3 Å². The summed E-state index contributed by atoms with van der Waals surface area (Å²) in [5.74, 6) is 1.31. The highest BCUT2D eigenvalue weighted by molar-refractivity contribution is 5.95. The van der Waals surface area contributed by atoms with Crippen molar-refractivity contribution in [2.75, 3.05) is 25.6 Å². The molecule has 1 saturated carbocycles. The van der Waals surface area contributed by atoms with E-state index in [1.807, 2.05) is 12.2 Å². The van der Waals surface area contributed by atoms with E-state index < -0.39 is 18.2 Å². The van der Waals surface area contributed by atoms with Crippen molar-refractivity contribution in [1.82, 2.24) is 15.6 Å². The average Bonchev–Trinajstić information content (AvgIpc) is 3.38. The first-order valence-electron chi connectivity index (χ1n) is 9.84. The Morgan fingerprint density at radius 2 is 2.17 bits per heavy atom. The molecule has 30 heavy (non-hydrogen) atoms. The van der Waals surface area contributed by atoms with E-state index in [0.29, 0.717) is 30.6 Å². The topological polar surface area (TPSA) is 144 Å². The van der Waals surface area contributed by atoms with Gasteiger partial charge in [0, 0.05) is 42.3 Å². The number of aliphatic imine (C=N–C) groups is 2. The molecule has 0 spiro atoms. The van der Waals surface area contributed by atoms with Gasteiger partial charge in [0.15, 0.2) is 0 Å². The number of aliphatic hydroxyl groups excluding tert-OH is 3. The molecule has 0 bridgehead atoms. The Balaban J connectivity index is 1.52. The van der Waals surface area contributed by atoms with Crippen LogP contribution in [0.5, 0.6) is 5.88 Å². The molecule has 0 amide bonds. The second-order valence-corrected chi connectivity index (χ2v) is 7.44. The fourth-order valence-electron chi connectivity index (χ4n) is 3.85. The third-order valence-electron chi connectivity index (χ3n) is 5.53. The number of rotatable bonds is 6. The van der Waals surface area contributed by atoms with Crippen molar-refractivity contribution in [2.24, 2.45) is 15.9 Å². The number of guanidine groups is 1. The number of methoxy groups -OCH3 is 1. The first-order valence-corrected chi connectivity index (χ1v) is 9.84. The molecule has 10 nitrogen and oxygen atoms in total. The monoisotopic (exact) mass is 414 g/mol. The molecule has 6 N–H and O–H groups in total. The van der Waals surface area contributed by atoms with E-state index >= 15 is 0 Å². The number of aromatic nitrogens is 1. The molecular formula is C20H26N6O4. The maximum absolute atomic E-state index is 10.4. The lowest BCUT2D eigenvalue weighted by molar-refractivity contribution is 0.000527. The Hall–Kier alpha value is -2.95. The van der Waals surface area contributed by atoms with Crippen LogP contribution in [0, 0.1) is 5.92 Å². The summed E-state index contributed by atoms with van der Waals surface area (Å²) >= 11 is 0. The van der Waals surface area contributed by atoms with Crippen molar-refractivity contribution < 1.29 is 20.1 Å². The lowest BCUT2D eigenvalue weighted by Crippen LogP contribution is -2.48. The van der Waals surface area contributed by atoms with E-state index in [0.717, 1.165) is 11.3 Å². The summed E-state index contributed by atoms with van der Waals surface area (Å²) in [6.07, 6.45) is 5.71. The van der Waals surface area contributed by atoms with Crippen molar-refractivity contribution in [1.29, 1.82) is 0 Å². The third kappa shape index (κ3) is 4.16. The Labute approximate surface area is 174 Å². The molecule has 1 aliphatic carbocycles. The number of hydrogen-bond donors (Lipinski definition) is 6. The van der Waals surface area contributed by atoms with E-state index in [1.54, 1.807) is 31.7 Å². The number of hydrogen-bond acceptors (Lipinski definition) is 10. The van der Waals surface area contributed by atoms with Crippen molar-refractivity contribution in [3.8, 4) is 5.88 Å². The molecule has 0 radical (unpaired) electrons. The van der Waals surface area contributed by atoms with Gasteiger partial charge in [0.05, 0.1) is 31.8 Å². The first-order chi connectivity index (χ1) is 14.6. The van der Waals surface area contributed by atoms with Gasteiger partial charge in [-0.1, -0.05) is 6.08 Å². The maximum Gasteiger partial charge on any atom is 0.214 e. The van der Waals surface area contributed by atoms with Crippen LogP contribution in [0.1, 0.15) is 6.42 Å². The van der Waals surface area contributed by atoms with Crippen molar-refractivity contribution in [2.45, 2.75) is 30.7 Å². The van der Waals surface area contributed by atoms with Gasteiger partial charge in [0.25, 0.3) is 0 Å². The zero-order valence-corrected chi connectivity index (χ0v) is 16.6. The molecule has 3 heterocycles. The van der Waals surface area contributed by atoms with Crippen LogP contribution in [0.3, 0.4) is 0 Å². The summed E-state index contributed by atoms with van der Waals surface area (Å²) in [6.45, 7) is 0.227. The van der Waals surface area contributed by atoms with Gasteiger partial charge in [-0.3, -0.25) is 4.99 Å². The van der Waals surface area contributed by atoms with E-state index in [1.165, 1.54) is 0 Å². The second kappa shape index (κ2) is 8.82. The predicted octanol–water partition coefficient (Wildman–Crippen LogP) is -0.626. The lowest BCUT2D eigenvalue weighted by Gasteiger charge is -2.29. The molecule has 4 rings (SSSR count). The Morgan fingerprint density at radius 1 is 1.30 bits per heavy atom. The molecule has 2 aliphatic heterocycles. The molecule has 0 saturated heterocycles. The Kier molecular flexibility index (Phi) is 5.98. The normalized spacial score (nSPS) is 30.3. The number of allylic oxidation sites excluding steroid dienone is 1. The van der Waals surface area contributed by atoms with E-state index in [2.05, 4.69) is 30.9 Å². The van der Waals surface area contributed by atoms with Crippen LogP contribution in [0.15, 0.2) is 51.9 Å². The highest BCUT2D eigenvalue weighted by atomic mass is 16.5. The summed E-state index contributed by atoms with van der Waals surface area (Å²) in [5.41, 5.74) is 1.68. The van der Waals surface area contributed by atoms with Crippen LogP contribution >= 0.6 is 0 Å². The minimum Gasteiger partial charge on any atom is -0.481 e. The van der Waals surface area contributed by atoms with E-state index in [-0.39, 0.29) is 18.6 Å². The van der Waals surface area contributed by atoms with Crippen LogP contribution < -0.4 is 20.7 Å². The Morgan fingerprint density at radius 3 is 2.87 bits per heavy atom. The van der Waals surface area contributed by atoms with Crippen LogP contribution in [0.25, 0.3) is 0 Å². The number of aliphatic hydroxyl groups is 3. The molecule has 5 atom stereocenters. The molecular weight excluding hydrogens is 388 g/mol. The summed E-state index contributed by atoms with van der Waals surface area (Å²) in [6, 6.07) is 2.99. The number of nitrogens with one attached hydrogen (secondary N) is 3. The quantitative estimate of drug-likeness (QED) is 0.361. The summed E-state index contributed by atoms with van der Waals surface area (Å²) < 4.78 is 5.15. The van der Waals surface area contributed by atoms with Crippen LogP contribution in [-0.4, -0.2) is 77.0 Å². The highest BCUT2D eigenvalue weighted by Crippen LogP contribution is 2.28. The van der Waals surface area contributed by atoms with Crippen molar-refractivity contribution in [3.63, 3.8) is 0 Å². The largest absolute Gasteiger partial charge is 0.481 e. The zero-order valence-electron chi connectivity index (χ0n) is 16.6. The lowest BCUT2D eigenvalue weighted by atomic mass is 10.1. The number of ether oxygens (including phenoxy) is 1. The summed E-state index contributed by atoms with van der Waals surface area (Å²) in [7, 11) is 1.55. The number of nitrogens with zero attached hydrogens (tertiary/aromatic N) is 3. The smallest absolute Gasteiger partial charge is 0.214 e. The van der Waals surface area contributed by atoms with Crippen molar-refractivity contribution >= 4 is 17.9 Å². The van der Waals surface area contributed by atoms with Gasteiger partial charge in [0.2, 0.25) is 11.8 Å². The Bertz CT molecular complexity index is 887. The number of pyridine rings is 1. The van der Waals surface area contributed by atoms with Crippen molar-refractivity contribution in [3.05, 3.63) is 41.9 Å². The third-order valence-corrected chi connectivity index (χ3v) is 5.53. The maximum atomic E-state index is 10.4. The molecule has 1 aromatic heterocycles. The minimum atomic E-state index is -0.986. The predicted molar refractivity (Wildman–Crippen MR) is 112 cm³/mol. The summed E-state index contributed by atoms with van der Waals surface area (Å²) in [4.78, 5) is 13.1. The molecule has 160 valence electrons. The number of anilines is 1. The standard InChI is InChI=1S/C20H26N6O4/c1-30-16-8-12(4-6-22-16)24-20-23-9-13(14-3-2-5-21-14)19(26-20)25-15-7-11(10-27)17(28)18(15)29/h2-6,8,11,14-15,17-18,25,27-29H,7,9-10H2,1H3,(H2,22,23,24,26)/t11-,14?,15-,17-,18+/m1/s1. The average molecular weight is 414 g/mol. The van der Waals surface area contributed by atoms with Gasteiger partial charge < -0.3 is 36.0 Å². The molecule has 3 aliphatic rings. The SMILES string of the molecule is COc1cc(NC2=NCC(C3C=CC=N3)=C(N[C@@H]3C[C@H](CO)[C@@H](O)[C@H]3O)N2)ccn1. The molecule has 0 aromatic carbocycles. The zero-order chi connectivity index (χ0) is 21.1. The first kappa shape index (κ1) is 20.3. The van der Waals surface area contributed by atoms with Gasteiger partial charge in [0.1, 0.15) is 11.9 Å². The summed E-state index contributed by atoms with van der Waals surface area (Å²) in [5, 5.41) is 39.8. The van der Waals surface area contributed by atoms with E-state index in [4.69, 9.17) is 4.74 Å². The second-order valence-electron chi connectivity index (χ2n) is 7.44. The fourth-order valence-corrected chi connectivity index (χ4v) is 3.85.